The highest BCUT2D eigenvalue weighted by molar-refractivity contribution is 6.37. The Bertz CT molecular complexity index is 1280. The molecule has 2 fully saturated rings. The fraction of sp³-hybridized carbons (Fsp3) is 0.706. The molecule has 0 aromatic carbocycles. The van der Waals surface area contributed by atoms with Gasteiger partial charge in [-0.25, -0.2) is 4.98 Å². The number of hydrogen-bond acceptors (Lipinski definition) is 8. The van der Waals surface area contributed by atoms with Gasteiger partial charge in [-0.05, 0) is 48.9 Å². The highest BCUT2D eigenvalue weighted by Gasteiger charge is 2.48. The molecule has 1 saturated heterocycles. The predicted molar refractivity (Wildman–Crippen MR) is 175 cm³/mol. The number of likely N-dealkylation sites (tertiary alicyclic amines) is 1. The van der Waals surface area contributed by atoms with Gasteiger partial charge in [0.2, 0.25) is 23.5 Å². The zero-order chi connectivity index (χ0) is 34.9. The minimum Gasteiger partial charge on any atom is -0.363 e. The number of carbonyl (C=O) groups excluding carboxylic acids is 6. The molecule has 13 heteroatoms. The topological polar surface area (TPSA) is 194 Å². The van der Waals surface area contributed by atoms with Gasteiger partial charge in [0.25, 0.3) is 11.8 Å². The number of primary amides is 1. The number of hydrogen-bond donors (Lipinski definition) is 4. The van der Waals surface area contributed by atoms with Crippen LogP contribution < -0.4 is 21.7 Å². The molecule has 1 aromatic rings. The van der Waals surface area contributed by atoms with Crippen molar-refractivity contribution in [1.82, 2.24) is 30.8 Å². The Labute approximate surface area is 278 Å². The quantitative estimate of drug-likeness (QED) is 0.219. The Hall–Kier alpha value is -3.90. The summed E-state index contributed by atoms with van der Waals surface area (Å²) in [7, 11) is 0. The summed E-state index contributed by atoms with van der Waals surface area (Å²) in [6, 6.07) is -3.93. The van der Waals surface area contributed by atoms with E-state index < -0.39 is 64.9 Å². The number of nitrogens with one attached hydrogen (secondary N) is 3. The molecule has 1 aromatic heterocycles. The lowest BCUT2D eigenvalue weighted by Gasteiger charge is -2.38. The SMILES string of the molecule is CCCCC(NC(=O)[C@@H]1[C@@H](C(C)C)CCN1C(=O)[C@@H](NC(=O)[C@@H](NC(=O)c1cnccn1)C1CCCCC1)C(C)(C)C)C(=O)C(N)=O. The smallest absolute Gasteiger partial charge is 0.287 e. The van der Waals surface area contributed by atoms with Crippen molar-refractivity contribution in [1.29, 1.82) is 0 Å². The van der Waals surface area contributed by atoms with Gasteiger partial charge in [0.15, 0.2) is 0 Å². The third-order valence-electron chi connectivity index (χ3n) is 9.46. The van der Waals surface area contributed by atoms with Crippen LogP contribution in [0.25, 0.3) is 0 Å². The normalized spacial score (nSPS) is 20.6. The fourth-order valence-electron chi connectivity index (χ4n) is 6.75. The zero-order valence-electron chi connectivity index (χ0n) is 28.7. The van der Waals surface area contributed by atoms with E-state index in [4.69, 9.17) is 5.73 Å². The van der Waals surface area contributed by atoms with Gasteiger partial charge >= 0.3 is 0 Å². The molecule has 47 heavy (non-hydrogen) atoms. The molecule has 2 aliphatic rings. The summed E-state index contributed by atoms with van der Waals surface area (Å²) in [5.74, 6) is -4.27. The first-order chi connectivity index (χ1) is 22.2. The monoisotopic (exact) mass is 655 g/mol. The van der Waals surface area contributed by atoms with E-state index in [0.717, 1.165) is 38.5 Å². The number of aromatic nitrogens is 2. The number of nitrogens with two attached hydrogens (primary N) is 1. The molecule has 2 heterocycles. The van der Waals surface area contributed by atoms with E-state index in [0.29, 0.717) is 12.8 Å². The maximum atomic E-state index is 14.4. The van der Waals surface area contributed by atoms with Crippen molar-refractivity contribution in [2.75, 3.05) is 6.54 Å². The number of carbonyl (C=O) groups is 6. The molecule has 1 aliphatic carbocycles. The Morgan fingerprint density at radius 3 is 2.21 bits per heavy atom. The minimum atomic E-state index is -1.12. The third kappa shape index (κ3) is 9.80. The molecule has 5 atom stereocenters. The van der Waals surface area contributed by atoms with Crippen LogP contribution in [0.5, 0.6) is 0 Å². The first kappa shape index (κ1) is 37.6. The highest BCUT2D eigenvalue weighted by Crippen LogP contribution is 2.34. The predicted octanol–water partition coefficient (Wildman–Crippen LogP) is 2.29. The molecule has 0 spiro atoms. The van der Waals surface area contributed by atoms with Gasteiger partial charge < -0.3 is 26.6 Å². The molecule has 13 nitrogen and oxygen atoms in total. The van der Waals surface area contributed by atoms with Gasteiger partial charge in [0, 0.05) is 18.9 Å². The van der Waals surface area contributed by atoms with Crippen LogP contribution in [-0.4, -0.2) is 80.9 Å². The Kier molecular flexibility index (Phi) is 13.4. The number of amides is 5. The molecule has 260 valence electrons. The van der Waals surface area contributed by atoms with Crippen LogP contribution in [-0.2, 0) is 24.0 Å². The largest absolute Gasteiger partial charge is 0.363 e. The van der Waals surface area contributed by atoms with E-state index in [9.17, 15) is 28.8 Å². The van der Waals surface area contributed by atoms with Crippen molar-refractivity contribution in [2.45, 2.75) is 123 Å². The number of ketones is 1. The second-order valence-electron chi connectivity index (χ2n) is 14.4. The lowest BCUT2D eigenvalue weighted by atomic mass is 9.82. The summed E-state index contributed by atoms with van der Waals surface area (Å²) in [5.41, 5.74) is 4.61. The van der Waals surface area contributed by atoms with Crippen LogP contribution in [0.2, 0.25) is 0 Å². The van der Waals surface area contributed by atoms with Crippen LogP contribution in [0.3, 0.4) is 0 Å². The van der Waals surface area contributed by atoms with Crippen molar-refractivity contribution in [3.63, 3.8) is 0 Å². The zero-order valence-corrected chi connectivity index (χ0v) is 28.7. The molecular weight excluding hydrogens is 602 g/mol. The number of rotatable bonds is 14. The van der Waals surface area contributed by atoms with Crippen LogP contribution in [0.4, 0.5) is 0 Å². The standard InChI is InChI=1S/C34H53N7O6/c1-7-8-14-23(27(42)29(35)43)38-32(46)26-22(20(2)3)15-18-41(26)33(47)28(34(4,5)6)40-31(45)25(21-12-10-9-11-13-21)39-30(44)24-19-36-16-17-37-24/h16-17,19-23,25-26,28H,7-15,18H2,1-6H3,(H2,35,43)(H,38,46)(H,39,44)(H,40,45)/t22-,23?,25+,26+,28-/m1/s1. The van der Waals surface area contributed by atoms with Crippen LogP contribution in [0, 0.1) is 23.2 Å². The van der Waals surface area contributed by atoms with Crippen molar-refractivity contribution in [2.24, 2.45) is 28.9 Å². The van der Waals surface area contributed by atoms with Crippen LogP contribution >= 0.6 is 0 Å². The Balaban J connectivity index is 1.90. The number of Topliss-reactive ketones (excluding diaryl/α,β-unsaturated/α-hetero) is 1. The third-order valence-corrected chi connectivity index (χ3v) is 9.46. The molecule has 1 aliphatic heterocycles. The lowest BCUT2D eigenvalue weighted by Crippen LogP contribution is -2.62. The van der Waals surface area contributed by atoms with Gasteiger partial charge in [0.1, 0.15) is 23.8 Å². The van der Waals surface area contributed by atoms with E-state index in [1.54, 1.807) is 0 Å². The van der Waals surface area contributed by atoms with Crippen molar-refractivity contribution >= 4 is 35.3 Å². The summed E-state index contributed by atoms with van der Waals surface area (Å²) in [6.07, 6.45) is 10.7. The van der Waals surface area contributed by atoms with Crippen LogP contribution in [0.15, 0.2) is 18.6 Å². The molecule has 5 N–H and O–H groups in total. The van der Waals surface area contributed by atoms with Crippen molar-refractivity contribution in [3.8, 4) is 0 Å². The van der Waals surface area contributed by atoms with E-state index in [1.807, 2.05) is 41.5 Å². The second-order valence-corrected chi connectivity index (χ2v) is 14.4. The second kappa shape index (κ2) is 16.8. The molecule has 5 amide bonds. The van der Waals surface area contributed by atoms with Gasteiger partial charge in [-0.3, -0.25) is 33.8 Å². The van der Waals surface area contributed by atoms with Crippen molar-refractivity contribution < 1.29 is 28.8 Å². The fourth-order valence-corrected chi connectivity index (χ4v) is 6.75. The number of nitrogens with zero attached hydrogens (tertiary/aromatic N) is 3. The van der Waals surface area contributed by atoms with Gasteiger partial charge in [-0.2, -0.15) is 0 Å². The summed E-state index contributed by atoms with van der Waals surface area (Å²) in [4.78, 5) is 89.4. The summed E-state index contributed by atoms with van der Waals surface area (Å²) in [6.45, 7) is 11.7. The van der Waals surface area contributed by atoms with Gasteiger partial charge in [-0.15, -0.1) is 0 Å². The first-order valence-corrected chi connectivity index (χ1v) is 17.0. The van der Waals surface area contributed by atoms with E-state index >= 15 is 0 Å². The molecule has 3 rings (SSSR count). The lowest BCUT2D eigenvalue weighted by molar-refractivity contribution is -0.146. The highest BCUT2D eigenvalue weighted by atomic mass is 16.2. The maximum absolute atomic E-state index is 14.4. The minimum absolute atomic E-state index is 0.0270. The van der Waals surface area contributed by atoms with E-state index in [-0.39, 0.29) is 36.4 Å². The van der Waals surface area contributed by atoms with E-state index in [1.165, 1.54) is 23.5 Å². The molecular formula is C34H53N7O6. The molecule has 0 radical (unpaired) electrons. The van der Waals surface area contributed by atoms with Gasteiger partial charge in [0.05, 0.1) is 12.2 Å². The van der Waals surface area contributed by atoms with Crippen molar-refractivity contribution in [3.05, 3.63) is 24.3 Å². The summed E-state index contributed by atoms with van der Waals surface area (Å²) < 4.78 is 0. The summed E-state index contributed by atoms with van der Waals surface area (Å²) >= 11 is 0. The first-order valence-electron chi connectivity index (χ1n) is 17.0. The van der Waals surface area contributed by atoms with Crippen LogP contribution in [0.1, 0.15) is 110 Å². The Morgan fingerprint density at radius 1 is 0.979 bits per heavy atom. The average molecular weight is 656 g/mol. The molecule has 1 unspecified atom stereocenters. The van der Waals surface area contributed by atoms with Gasteiger partial charge in [-0.1, -0.05) is 73.6 Å². The molecule has 1 saturated carbocycles. The Morgan fingerprint density at radius 2 is 1.66 bits per heavy atom. The molecule has 0 bridgehead atoms. The maximum Gasteiger partial charge on any atom is 0.287 e. The van der Waals surface area contributed by atoms with E-state index in [2.05, 4.69) is 25.9 Å². The summed E-state index contributed by atoms with van der Waals surface area (Å²) in [5, 5.41) is 8.56. The number of unbranched alkanes of at least 4 members (excludes halogenated alkanes) is 1. The average Bonchev–Trinajstić information content (AvgIpc) is 3.50.